The van der Waals surface area contributed by atoms with Crippen LogP contribution in [-0.4, -0.2) is 17.1 Å². The Hall–Kier alpha value is -1.69. The molecular weight excluding hydrogens is 293 g/mol. The largest absolute Gasteiger partial charge is 0.471 e. The zero-order valence-corrected chi connectivity index (χ0v) is 11.9. The van der Waals surface area contributed by atoms with E-state index in [1.165, 1.54) is 12.3 Å². The number of amides is 1. The number of nitrogens with one attached hydrogen (secondary N) is 2. The predicted molar refractivity (Wildman–Crippen MR) is 74.1 cm³/mol. The molecule has 0 spiro atoms. The number of rotatable bonds is 1. The molecule has 0 saturated carbocycles. The highest BCUT2D eigenvalue weighted by Crippen LogP contribution is 2.32. The van der Waals surface area contributed by atoms with E-state index in [1.807, 2.05) is 19.2 Å². The first-order valence-electron chi connectivity index (χ1n) is 5.95. The molecule has 0 atom stereocenters. The molecule has 110 valence electrons. The highest BCUT2D eigenvalue weighted by molar-refractivity contribution is 6.36. The third-order valence-electron chi connectivity index (χ3n) is 2.50. The van der Waals surface area contributed by atoms with Gasteiger partial charge in [-0.2, -0.15) is 13.2 Å². The van der Waals surface area contributed by atoms with E-state index in [0.29, 0.717) is 15.9 Å². The average Bonchev–Trinajstić information content (AvgIpc) is 2.77. The van der Waals surface area contributed by atoms with Gasteiger partial charge in [0.1, 0.15) is 0 Å². The molecule has 2 aromatic rings. The van der Waals surface area contributed by atoms with Gasteiger partial charge in [-0.25, -0.2) is 0 Å². The fourth-order valence-electron chi connectivity index (χ4n) is 1.67. The number of fused-ring (bicyclic) bond motifs is 1. The van der Waals surface area contributed by atoms with Gasteiger partial charge in [0.15, 0.2) is 0 Å². The molecule has 20 heavy (non-hydrogen) atoms. The molecule has 1 amide bonds. The lowest BCUT2D eigenvalue weighted by Gasteiger charge is -2.09. The summed E-state index contributed by atoms with van der Waals surface area (Å²) in [5.41, 5.74) is 1.23. The van der Waals surface area contributed by atoms with Gasteiger partial charge in [0.25, 0.3) is 0 Å². The number of hydrogen-bond acceptors (Lipinski definition) is 1. The Labute approximate surface area is 119 Å². The van der Waals surface area contributed by atoms with Crippen LogP contribution in [0.1, 0.15) is 19.4 Å². The van der Waals surface area contributed by atoms with Crippen LogP contribution in [0.5, 0.6) is 0 Å². The van der Waals surface area contributed by atoms with Crippen molar-refractivity contribution >= 4 is 34.1 Å². The second-order valence-electron chi connectivity index (χ2n) is 3.77. The van der Waals surface area contributed by atoms with Gasteiger partial charge in [0, 0.05) is 11.6 Å². The number of carbonyl (C=O) groups excluding carboxylic acids is 1. The second kappa shape index (κ2) is 6.17. The molecule has 1 aromatic carbocycles. The average molecular weight is 307 g/mol. The number of aromatic amines is 1. The van der Waals surface area contributed by atoms with E-state index >= 15 is 0 Å². The number of anilines is 1. The summed E-state index contributed by atoms with van der Waals surface area (Å²) in [4.78, 5) is 13.6. The maximum Gasteiger partial charge on any atom is 0.471 e. The quantitative estimate of drug-likeness (QED) is 0.791. The lowest BCUT2D eigenvalue weighted by Crippen LogP contribution is -2.30. The Morgan fingerprint density at radius 2 is 1.90 bits per heavy atom. The van der Waals surface area contributed by atoms with Crippen LogP contribution < -0.4 is 5.32 Å². The Kier molecular flexibility index (Phi) is 5.05. The number of halogens is 4. The summed E-state index contributed by atoms with van der Waals surface area (Å²) in [6.45, 7) is 5.78. The van der Waals surface area contributed by atoms with Crippen LogP contribution in [0.4, 0.5) is 18.9 Å². The van der Waals surface area contributed by atoms with Crippen molar-refractivity contribution < 1.29 is 18.0 Å². The summed E-state index contributed by atoms with van der Waals surface area (Å²) < 4.78 is 36.5. The highest BCUT2D eigenvalue weighted by atomic mass is 35.5. The van der Waals surface area contributed by atoms with Crippen LogP contribution in [0.2, 0.25) is 5.02 Å². The molecule has 0 saturated heterocycles. The van der Waals surface area contributed by atoms with Crippen LogP contribution in [-0.2, 0) is 4.79 Å². The molecule has 2 rings (SSSR count). The summed E-state index contributed by atoms with van der Waals surface area (Å²) in [7, 11) is 0. The fourth-order valence-corrected chi connectivity index (χ4v) is 1.97. The van der Waals surface area contributed by atoms with E-state index in [-0.39, 0.29) is 5.69 Å². The standard InChI is InChI=1S/C11H8ClF3N2O.C2H6/c1-5-2-3-7(17-10(18)11(13,14)15)9-8(5)6(12)4-16-9;1-2/h2-4,16H,1H3,(H,17,18);1-2H3. The first-order valence-corrected chi connectivity index (χ1v) is 6.33. The third-order valence-corrected chi connectivity index (χ3v) is 2.80. The molecule has 0 aliphatic carbocycles. The zero-order valence-electron chi connectivity index (χ0n) is 11.2. The predicted octanol–water partition coefficient (Wildman–Crippen LogP) is 4.66. The van der Waals surface area contributed by atoms with Crippen molar-refractivity contribution in [3.63, 3.8) is 0 Å². The van der Waals surface area contributed by atoms with Crippen molar-refractivity contribution in [1.82, 2.24) is 4.98 Å². The molecule has 0 radical (unpaired) electrons. The number of benzene rings is 1. The van der Waals surface area contributed by atoms with Crippen molar-refractivity contribution in [2.75, 3.05) is 5.32 Å². The van der Waals surface area contributed by atoms with E-state index in [0.717, 1.165) is 5.56 Å². The molecule has 0 fully saturated rings. The molecule has 3 nitrogen and oxygen atoms in total. The van der Waals surface area contributed by atoms with E-state index in [2.05, 4.69) is 4.98 Å². The number of alkyl halides is 3. The highest BCUT2D eigenvalue weighted by Gasteiger charge is 2.39. The summed E-state index contributed by atoms with van der Waals surface area (Å²) in [5, 5.41) is 2.80. The van der Waals surface area contributed by atoms with Gasteiger partial charge in [0.05, 0.1) is 16.2 Å². The number of hydrogen-bond donors (Lipinski definition) is 2. The molecule has 7 heteroatoms. The normalized spacial score (nSPS) is 10.9. The summed E-state index contributed by atoms with van der Waals surface area (Å²) in [6, 6.07) is 2.99. The monoisotopic (exact) mass is 306 g/mol. The van der Waals surface area contributed by atoms with Crippen LogP contribution >= 0.6 is 11.6 Å². The van der Waals surface area contributed by atoms with Gasteiger partial charge in [-0.05, 0) is 18.6 Å². The molecule has 0 aliphatic heterocycles. The SMILES string of the molecule is CC.Cc1ccc(NC(=O)C(F)(F)F)c2[nH]cc(Cl)c12. The minimum atomic E-state index is -4.92. The molecular formula is C13H14ClF3N2O. The van der Waals surface area contributed by atoms with Gasteiger partial charge in [0.2, 0.25) is 0 Å². The third kappa shape index (κ3) is 3.25. The number of aromatic nitrogens is 1. The zero-order chi connectivity index (χ0) is 15.5. The molecule has 2 N–H and O–H groups in total. The Bertz CT molecular complexity index is 620. The maximum absolute atomic E-state index is 12.2. The van der Waals surface area contributed by atoms with Crippen molar-refractivity contribution in [1.29, 1.82) is 0 Å². The smallest absolute Gasteiger partial charge is 0.358 e. The lowest BCUT2D eigenvalue weighted by atomic mass is 10.1. The van der Waals surface area contributed by atoms with Crippen LogP contribution in [0.25, 0.3) is 10.9 Å². The van der Waals surface area contributed by atoms with Crippen molar-refractivity contribution in [3.8, 4) is 0 Å². The molecule has 1 heterocycles. The Balaban J connectivity index is 0.000000956. The lowest BCUT2D eigenvalue weighted by molar-refractivity contribution is -0.167. The fraction of sp³-hybridized carbons (Fsp3) is 0.308. The first kappa shape index (κ1) is 16.4. The van der Waals surface area contributed by atoms with Crippen LogP contribution in [0.3, 0.4) is 0 Å². The first-order chi connectivity index (χ1) is 9.30. The minimum absolute atomic E-state index is 0.0461. The minimum Gasteiger partial charge on any atom is -0.358 e. The van der Waals surface area contributed by atoms with Crippen LogP contribution in [0, 0.1) is 6.92 Å². The maximum atomic E-state index is 12.2. The van der Waals surface area contributed by atoms with Gasteiger partial charge >= 0.3 is 12.1 Å². The molecule has 1 aromatic heterocycles. The summed E-state index contributed by atoms with van der Waals surface area (Å²) in [5.74, 6) is -2.02. The molecule has 0 unspecified atom stereocenters. The van der Waals surface area contributed by atoms with Crippen molar-refractivity contribution in [2.45, 2.75) is 26.9 Å². The number of aryl methyl sites for hydroxylation is 1. The van der Waals surface area contributed by atoms with Gasteiger partial charge in [-0.1, -0.05) is 31.5 Å². The van der Waals surface area contributed by atoms with Crippen molar-refractivity contribution in [2.24, 2.45) is 0 Å². The second-order valence-corrected chi connectivity index (χ2v) is 4.18. The van der Waals surface area contributed by atoms with Gasteiger partial charge < -0.3 is 10.3 Å². The number of H-pyrrole nitrogens is 1. The van der Waals surface area contributed by atoms with Gasteiger partial charge in [-0.3, -0.25) is 4.79 Å². The summed E-state index contributed by atoms with van der Waals surface area (Å²) in [6.07, 6.45) is -3.46. The number of carbonyl (C=O) groups is 1. The van der Waals surface area contributed by atoms with E-state index < -0.39 is 12.1 Å². The van der Waals surface area contributed by atoms with E-state index in [9.17, 15) is 18.0 Å². The molecule has 0 aliphatic rings. The van der Waals surface area contributed by atoms with E-state index in [4.69, 9.17) is 11.6 Å². The summed E-state index contributed by atoms with van der Waals surface area (Å²) >= 11 is 5.91. The Morgan fingerprint density at radius 3 is 2.45 bits per heavy atom. The van der Waals surface area contributed by atoms with E-state index in [1.54, 1.807) is 13.0 Å². The Morgan fingerprint density at radius 1 is 1.30 bits per heavy atom. The van der Waals surface area contributed by atoms with Gasteiger partial charge in [-0.15, -0.1) is 0 Å². The van der Waals surface area contributed by atoms with Crippen LogP contribution in [0.15, 0.2) is 18.3 Å². The van der Waals surface area contributed by atoms with Crippen molar-refractivity contribution in [3.05, 3.63) is 28.9 Å². The topological polar surface area (TPSA) is 44.9 Å². The molecule has 0 bridgehead atoms.